The maximum atomic E-state index is 13.5. The van der Waals surface area contributed by atoms with Crippen LogP contribution in [0.5, 0.6) is 11.5 Å². The van der Waals surface area contributed by atoms with Crippen molar-refractivity contribution >= 4 is 10.0 Å². The number of methoxy groups -OCH3 is 2. The van der Waals surface area contributed by atoms with Crippen LogP contribution in [-0.4, -0.2) is 26.9 Å². The van der Waals surface area contributed by atoms with E-state index in [4.69, 9.17) is 9.47 Å². The minimum absolute atomic E-state index is 0.278. The quantitative estimate of drug-likeness (QED) is 0.659. The number of hydrogen-bond acceptors (Lipinski definition) is 4. The Bertz CT molecular complexity index is 1220. The van der Waals surface area contributed by atoms with Crippen LogP contribution in [0.1, 0.15) is 11.1 Å². The van der Waals surface area contributed by atoms with Crippen LogP contribution in [0, 0.1) is 0 Å². The van der Waals surface area contributed by atoms with Gasteiger partial charge in [-0.05, 0) is 46.5 Å². The highest BCUT2D eigenvalue weighted by molar-refractivity contribution is 7.89. The Morgan fingerprint density at radius 2 is 1.64 bits per heavy atom. The van der Waals surface area contributed by atoms with Gasteiger partial charge < -0.3 is 9.47 Å². The fourth-order valence-corrected chi connectivity index (χ4v) is 5.82. The maximum Gasteiger partial charge on any atom is 0.244 e. The van der Waals surface area contributed by atoms with Crippen molar-refractivity contribution in [1.29, 1.82) is 0 Å². The summed E-state index contributed by atoms with van der Waals surface area (Å²) >= 11 is 0. The summed E-state index contributed by atoms with van der Waals surface area (Å²) in [5.74, 6) is 1.44. The summed E-state index contributed by atoms with van der Waals surface area (Å²) in [7, 11) is -0.392. The number of ether oxygens (including phenoxy) is 2. The molecule has 0 saturated heterocycles. The van der Waals surface area contributed by atoms with Gasteiger partial charge in [-0.1, -0.05) is 30.3 Å². The molecule has 0 spiro atoms. The van der Waals surface area contributed by atoms with E-state index in [0.29, 0.717) is 17.2 Å². The van der Waals surface area contributed by atoms with Crippen LogP contribution in [-0.2, 0) is 23.1 Å². The first-order valence-corrected chi connectivity index (χ1v) is 10.5. The molecule has 2 bridgehead atoms. The molecule has 2 heterocycles. The van der Waals surface area contributed by atoms with E-state index in [0.717, 1.165) is 39.1 Å². The van der Waals surface area contributed by atoms with Crippen LogP contribution < -0.4 is 9.47 Å². The lowest BCUT2D eigenvalue weighted by Crippen LogP contribution is -2.28. The lowest BCUT2D eigenvalue weighted by Gasteiger charge is -2.20. The number of nitrogens with zero attached hydrogens (tertiary/aromatic N) is 1. The summed E-state index contributed by atoms with van der Waals surface area (Å²) in [6.07, 6.45) is 0. The number of rotatable bonds is 2. The van der Waals surface area contributed by atoms with Crippen molar-refractivity contribution < 1.29 is 17.9 Å². The summed E-state index contributed by atoms with van der Waals surface area (Å²) in [6, 6.07) is 16.9. The molecule has 0 aliphatic carbocycles. The van der Waals surface area contributed by atoms with Gasteiger partial charge >= 0.3 is 0 Å². The molecule has 0 aromatic heterocycles. The average molecular weight is 393 g/mol. The van der Waals surface area contributed by atoms with E-state index in [1.165, 1.54) is 0 Å². The molecule has 5 rings (SSSR count). The van der Waals surface area contributed by atoms with E-state index < -0.39 is 10.0 Å². The molecule has 5 nitrogen and oxygen atoms in total. The molecule has 142 valence electrons. The summed E-state index contributed by atoms with van der Waals surface area (Å²) in [4.78, 5) is 0.344. The summed E-state index contributed by atoms with van der Waals surface area (Å²) in [6.45, 7) is 0.580. The first-order valence-electron chi connectivity index (χ1n) is 9.01. The second-order valence-electron chi connectivity index (χ2n) is 6.96. The minimum Gasteiger partial charge on any atom is -0.497 e. The lowest BCUT2D eigenvalue weighted by atomic mass is 9.90. The van der Waals surface area contributed by atoms with Crippen molar-refractivity contribution in [3.8, 4) is 33.8 Å². The number of sulfonamides is 1. The van der Waals surface area contributed by atoms with Gasteiger partial charge in [-0.25, -0.2) is 8.42 Å². The fraction of sp³-hybridized carbons (Fsp3) is 0.182. The van der Waals surface area contributed by atoms with Crippen LogP contribution in [0.15, 0.2) is 59.5 Å². The Hall–Kier alpha value is -2.83. The van der Waals surface area contributed by atoms with E-state index in [-0.39, 0.29) is 6.54 Å². The molecular weight excluding hydrogens is 374 g/mol. The summed E-state index contributed by atoms with van der Waals surface area (Å²) < 4.78 is 39.6. The zero-order valence-electron chi connectivity index (χ0n) is 15.6. The number of benzene rings is 3. The average Bonchev–Trinajstić information content (AvgIpc) is 2.94. The Kier molecular flexibility index (Phi) is 3.76. The first-order chi connectivity index (χ1) is 13.5. The molecule has 2 aliphatic rings. The van der Waals surface area contributed by atoms with Gasteiger partial charge in [0.15, 0.2) is 0 Å². The molecule has 6 heteroatoms. The van der Waals surface area contributed by atoms with E-state index in [1.54, 1.807) is 30.7 Å². The van der Waals surface area contributed by atoms with Gasteiger partial charge in [-0.3, -0.25) is 0 Å². The van der Waals surface area contributed by atoms with Crippen LogP contribution in [0.2, 0.25) is 0 Å². The Morgan fingerprint density at radius 3 is 2.43 bits per heavy atom. The highest BCUT2D eigenvalue weighted by atomic mass is 32.2. The van der Waals surface area contributed by atoms with Gasteiger partial charge in [0.05, 0.1) is 19.1 Å². The predicted molar refractivity (Wildman–Crippen MR) is 107 cm³/mol. The third-order valence-electron chi connectivity index (χ3n) is 5.55. The molecule has 3 aromatic carbocycles. The SMILES string of the molecule is COc1ccc2c(c1)CN1Cc3c(ccc(OC)c3-2)-c2ccccc2S1(=O)=O. The second-order valence-corrected chi connectivity index (χ2v) is 8.87. The number of hydrogen-bond donors (Lipinski definition) is 0. The van der Waals surface area contributed by atoms with E-state index >= 15 is 0 Å². The molecule has 28 heavy (non-hydrogen) atoms. The topological polar surface area (TPSA) is 55.8 Å². The maximum absolute atomic E-state index is 13.5. The summed E-state index contributed by atoms with van der Waals surface area (Å²) in [5, 5.41) is 0. The first kappa shape index (κ1) is 17.3. The van der Waals surface area contributed by atoms with Gasteiger partial charge in [0, 0.05) is 24.2 Å². The zero-order chi connectivity index (χ0) is 19.5. The fourth-order valence-electron chi connectivity index (χ4n) is 4.23. The van der Waals surface area contributed by atoms with Crippen molar-refractivity contribution in [2.45, 2.75) is 18.0 Å². The molecule has 3 aromatic rings. The van der Waals surface area contributed by atoms with Crippen molar-refractivity contribution in [1.82, 2.24) is 4.31 Å². The third-order valence-corrected chi connectivity index (χ3v) is 7.40. The van der Waals surface area contributed by atoms with Gasteiger partial charge in [0.25, 0.3) is 0 Å². The minimum atomic E-state index is -3.65. The molecule has 2 aliphatic heterocycles. The zero-order valence-corrected chi connectivity index (χ0v) is 16.4. The van der Waals surface area contributed by atoms with Crippen molar-refractivity contribution in [3.05, 3.63) is 65.7 Å². The van der Waals surface area contributed by atoms with Crippen LogP contribution in [0.25, 0.3) is 22.3 Å². The van der Waals surface area contributed by atoms with Crippen molar-refractivity contribution in [3.63, 3.8) is 0 Å². The molecule has 0 amide bonds. The lowest BCUT2D eigenvalue weighted by molar-refractivity contribution is 0.399. The largest absolute Gasteiger partial charge is 0.497 e. The molecule has 1 atom stereocenters. The highest BCUT2D eigenvalue weighted by Gasteiger charge is 2.36. The van der Waals surface area contributed by atoms with E-state index in [2.05, 4.69) is 0 Å². The monoisotopic (exact) mass is 393 g/mol. The molecule has 0 radical (unpaired) electrons. The molecule has 0 saturated carbocycles. The van der Waals surface area contributed by atoms with Crippen LogP contribution >= 0.6 is 0 Å². The Morgan fingerprint density at radius 1 is 0.857 bits per heavy atom. The third kappa shape index (κ3) is 2.31. The summed E-state index contributed by atoms with van der Waals surface area (Å²) in [5.41, 5.74) is 5.47. The standard InChI is InChI=1S/C22H19NO4S/c1-26-15-7-8-16-14(11-15)12-23-13-19-17(9-10-20(27-2)22(16)19)18-5-3-4-6-21(18)28(23,24)25/h3-11H,12-13H2,1-2H3. The van der Waals surface area contributed by atoms with Crippen LogP contribution in [0.3, 0.4) is 0 Å². The van der Waals surface area contributed by atoms with E-state index in [1.807, 2.05) is 42.5 Å². The Balaban J connectivity index is 1.94. The molecule has 0 fully saturated rings. The molecular formula is C22H19NO4S. The molecule has 1 unspecified atom stereocenters. The van der Waals surface area contributed by atoms with Crippen molar-refractivity contribution in [2.24, 2.45) is 0 Å². The smallest absolute Gasteiger partial charge is 0.244 e. The Labute approximate surface area is 164 Å². The van der Waals surface area contributed by atoms with Gasteiger partial charge in [-0.2, -0.15) is 4.31 Å². The van der Waals surface area contributed by atoms with Crippen molar-refractivity contribution in [2.75, 3.05) is 14.2 Å². The van der Waals surface area contributed by atoms with E-state index in [9.17, 15) is 8.42 Å². The normalized spacial score (nSPS) is 18.3. The van der Waals surface area contributed by atoms with Gasteiger partial charge in [0.1, 0.15) is 11.5 Å². The van der Waals surface area contributed by atoms with Crippen LogP contribution in [0.4, 0.5) is 0 Å². The predicted octanol–water partition coefficient (Wildman–Crippen LogP) is 4.06. The number of fused-ring (bicyclic) bond motifs is 5. The van der Waals surface area contributed by atoms with Gasteiger partial charge in [-0.15, -0.1) is 0 Å². The highest BCUT2D eigenvalue weighted by Crippen LogP contribution is 2.48. The molecule has 0 N–H and O–H groups in total. The van der Waals surface area contributed by atoms with Gasteiger partial charge in [0.2, 0.25) is 10.0 Å². The second kappa shape index (κ2) is 6.09.